The first kappa shape index (κ1) is 13.3. The Morgan fingerprint density at radius 2 is 1.90 bits per heavy atom. The molecule has 0 atom stereocenters. The number of fused-ring (bicyclic) bond motifs is 1. The Hall–Kier alpha value is -1.71. The second-order valence-corrected chi connectivity index (χ2v) is 5.63. The van der Waals surface area contributed by atoms with E-state index in [9.17, 15) is 0 Å². The number of halogens is 1. The smallest absolute Gasteiger partial charge is 0.123 e. The molecule has 0 spiro atoms. The third kappa shape index (κ3) is 2.60. The highest BCUT2D eigenvalue weighted by Crippen LogP contribution is 2.32. The molecule has 0 aliphatic heterocycles. The molecule has 1 aromatic heterocycles. The van der Waals surface area contributed by atoms with E-state index in [2.05, 4.69) is 11.4 Å². The Morgan fingerprint density at radius 3 is 2.75 bits per heavy atom. The predicted molar refractivity (Wildman–Crippen MR) is 84.2 cm³/mol. The Kier molecular flexibility index (Phi) is 3.81. The Labute approximate surface area is 126 Å². The highest BCUT2D eigenvalue weighted by Gasteiger charge is 2.07. The molecule has 0 saturated carbocycles. The van der Waals surface area contributed by atoms with Crippen molar-refractivity contribution >= 4 is 33.0 Å². The van der Waals surface area contributed by atoms with Crippen LogP contribution in [-0.4, -0.2) is 7.11 Å². The molecule has 0 aliphatic rings. The van der Waals surface area contributed by atoms with Gasteiger partial charge in [0.25, 0.3) is 0 Å². The highest BCUT2D eigenvalue weighted by molar-refractivity contribution is 7.18. The molecule has 4 heteroatoms. The zero-order chi connectivity index (χ0) is 13.9. The first-order valence-electron chi connectivity index (χ1n) is 6.19. The minimum absolute atomic E-state index is 0.521. The summed E-state index contributed by atoms with van der Waals surface area (Å²) >= 11 is 7.83. The number of hydrogen-bond donors (Lipinski definition) is 0. The van der Waals surface area contributed by atoms with Crippen molar-refractivity contribution in [3.63, 3.8) is 0 Å². The van der Waals surface area contributed by atoms with Crippen molar-refractivity contribution in [3.05, 3.63) is 58.4 Å². The largest absolute Gasteiger partial charge is 0.497 e. The molecule has 0 N–H and O–H groups in total. The van der Waals surface area contributed by atoms with Gasteiger partial charge in [-0.3, -0.25) is 0 Å². The zero-order valence-electron chi connectivity index (χ0n) is 10.9. The van der Waals surface area contributed by atoms with Crippen molar-refractivity contribution in [2.75, 3.05) is 7.11 Å². The van der Waals surface area contributed by atoms with Crippen LogP contribution in [0.5, 0.6) is 11.5 Å². The van der Waals surface area contributed by atoms with Gasteiger partial charge in [-0.25, -0.2) is 0 Å². The molecule has 3 rings (SSSR count). The maximum absolute atomic E-state index is 6.18. The van der Waals surface area contributed by atoms with Gasteiger partial charge in [0.05, 0.1) is 16.8 Å². The third-order valence-corrected chi connectivity index (χ3v) is 4.57. The van der Waals surface area contributed by atoms with Gasteiger partial charge in [-0.2, -0.15) is 0 Å². The van der Waals surface area contributed by atoms with Crippen LogP contribution < -0.4 is 9.47 Å². The predicted octanol–water partition coefficient (Wildman–Crippen LogP) is 5.14. The fourth-order valence-electron chi connectivity index (χ4n) is 2.04. The van der Waals surface area contributed by atoms with Gasteiger partial charge < -0.3 is 9.47 Å². The van der Waals surface area contributed by atoms with E-state index < -0.39 is 0 Å². The maximum Gasteiger partial charge on any atom is 0.123 e. The Morgan fingerprint density at radius 1 is 1.10 bits per heavy atom. The monoisotopic (exact) mass is 304 g/mol. The first-order chi connectivity index (χ1) is 9.78. The summed E-state index contributed by atoms with van der Waals surface area (Å²) in [5.74, 6) is 1.59. The molecule has 0 saturated heterocycles. The Bertz CT molecular complexity index is 736. The molecule has 20 heavy (non-hydrogen) atoms. The van der Waals surface area contributed by atoms with Crippen molar-refractivity contribution in [1.29, 1.82) is 0 Å². The summed E-state index contributed by atoms with van der Waals surface area (Å²) in [6, 6.07) is 13.6. The minimum Gasteiger partial charge on any atom is -0.497 e. The number of benzene rings is 2. The van der Waals surface area contributed by atoms with E-state index in [1.807, 2.05) is 36.4 Å². The normalized spacial score (nSPS) is 10.7. The number of methoxy groups -OCH3 is 1. The van der Waals surface area contributed by atoms with Crippen molar-refractivity contribution in [2.45, 2.75) is 6.61 Å². The van der Waals surface area contributed by atoms with Gasteiger partial charge in [0.2, 0.25) is 0 Å². The van der Waals surface area contributed by atoms with E-state index in [0.29, 0.717) is 6.61 Å². The molecule has 0 fully saturated rings. The van der Waals surface area contributed by atoms with E-state index in [1.165, 1.54) is 0 Å². The lowest BCUT2D eigenvalue weighted by Crippen LogP contribution is -1.94. The highest BCUT2D eigenvalue weighted by atomic mass is 35.5. The SMILES string of the molecule is COc1cccc(OCc2csc3c(Cl)cccc23)c1. The van der Waals surface area contributed by atoms with Gasteiger partial charge in [0.15, 0.2) is 0 Å². The number of thiophene rings is 1. The molecule has 102 valence electrons. The number of hydrogen-bond acceptors (Lipinski definition) is 3. The second kappa shape index (κ2) is 5.73. The molecule has 0 aliphatic carbocycles. The van der Waals surface area contributed by atoms with Gasteiger partial charge in [0.1, 0.15) is 18.1 Å². The zero-order valence-corrected chi connectivity index (χ0v) is 12.5. The first-order valence-corrected chi connectivity index (χ1v) is 7.45. The van der Waals surface area contributed by atoms with Gasteiger partial charge >= 0.3 is 0 Å². The number of rotatable bonds is 4. The molecule has 2 nitrogen and oxygen atoms in total. The molecule has 2 aromatic carbocycles. The lowest BCUT2D eigenvalue weighted by molar-refractivity contribution is 0.305. The van der Waals surface area contributed by atoms with Gasteiger partial charge in [-0.05, 0) is 23.6 Å². The molecule has 0 bridgehead atoms. The van der Waals surface area contributed by atoms with Gasteiger partial charge in [0, 0.05) is 17.0 Å². The summed E-state index contributed by atoms with van der Waals surface area (Å²) < 4.78 is 12.1. The summed E-state index contributed by atoms with van der Waals surface area (Å²) in [6.07, 6.45) is 0. The summed E-state index contributed by atoms with van der Waals surface area (Å²) in [5.41, 5.74) is 1.15. The topological polar surface area (TPSA) is 18.5 Å². The number of ether oxygens (including phenoxy) is 2. The van der Waals surface area contributed by atoms with Gasteiger partial charge in [-0.15, -0.1) is 11.3 Å². The van der Waals surface area contributed by atoms with Crippen molar-refractivity contribution in [2.24, 2.45) is 0 Å². The maximum atomic E-state index is 6.18. The van der Waals surface area contributed by atoms with E-state index in [0.717, 1.165) is 32.2 Å². The van der Waals surface area contributed by atoms with Crippen LogP contribution in [0.3, 0.4) is 0 Å². The molecular formula is C16H13ClO2S. The van der Waals surface area contributed by atoms with Crippen LogP contribution in [0.25, 0.3) is 10.1 Å². The minimum atomic E-state index is 0.521. The summed E-state index contributed by atoms with van der Waals surface area (Å²) in [7, 11) is 1.65. The van der Waals surface area contributed by atoms with Crippen molar-refractivity contribution < 1.29 is 9.47 Å². The van der Waals surface area contributed by atoms with E-state index in [1.54, 1.807) is 18.4 Å². The van der Waals surface area contributed by atoms with Crippen LogP contribution in [0, 0.1) is 0 Å². The Balaban J connectivity index is 1.81. The lowest BCUT2D eigenvalue weighted by Gasteiger charge is -2.07. The quantitative estimate of drug-likeness (QED) is 0.664. The molecule has 1 heterocycles. The van der Waals surface area contributed by atoms with Gasteiger partial charge in [-0.1, -0.05) is 29.8 Å². The fraction of sp³-hybridized carbons (Fsp3) is 0.125. The fourth-order valence-corrected chi connectivity index (χ4v) is 3.31. The van der Waals surface area contributed by atoms with E-state index >= 15 is 0 Å². The summed E-state index contributed by atoms with van der Waals surface area (Å²) in [6.45, 7) is 0.521. The standard InChI is InChI=1S/C16H13ClO2S/c1-18-12-4-2-5-13(8-12)19-9-11-10-20-16-14(11)6-3-7-15(16)17/h2-8,10H,9H2,1H3. The van der Waals surface area contributed by atoms with Crippen LogP contribution in [0.4, 0.5) is 0 Å². The van der Waals surface area contributed by atoms with Crippen LogP contribution in [-0.2, 0) is 6.61 Å². The van der Waals surface area contributed by atoms with Crippen LogP contribution in [0.2, 0.25) is 5.02 Å². The van der Waals surface area contributed by atoms with E-state index in [-0.39, 0.29) is 0 Å². The van der Waals surface area contributed by atoms with E-state index in [4.69, 9.17) is 21.1 Å². The average Bonchev–Trinajstić information content (AvgIpc) is 2.90. The third-order valence-electron chi connectivity index (χ3n) is 3.07. The van der Waals surface area contributed by atoms with Crippen molar-refractivity contribution in [1.82, 2.24) is 0 Å². The lowest BCUT2D eigenvalue weighted by atomic mass is 10.2. The van der Waals surface area contributed by atoms with Crippen molar-refractivity contribution in [3.8, 4) is 11.5 Å². The summed E-state index contributed by atoms with van der Waals surface area (Å²) in [4.78, 5) is 0. The van der Waals surface area contributed by atoms with Crippen LogP contribution in [0.1, 0.15) is 5.56 Å². The summed E-state index contributed by atoms with van der Waals surface area (Å²) in [5, 5.41) is 4.04. The van der Waals surface area contributed by atoms with Crippen LogP contribution >= 0.6 is 22.9 Å². The van der Waals surface area contributed by atoms with Crippen LogP contribution in [0.15, 0.2) is 47.8 Å². The average molecular weight is 305 g/mol. The molecule has 0 unspecified atom stereocenters. The second-order valence-electron chi connectivity index (χ2n) is 4.35. The molecular weight excluding hydrogens is 292 g/mol. The molecule has 3 aromatic rings. The molecule has 0 amide bonds. The molecule has 0 radical (unpaired) electrons.